The second-order valence-electron chi connectivity index (χ2n) is 3.38. The highest BCUT2D eigenvalue weighted by atomic mass is 19.4. The number of alkyl halides is 3. The Kier molecular flexibility index (Phi) is 4.09. The average Bonchev–Trinajstić information content (AvgIpc) is 2.24. The number of aryl methyl sites for hydroxylation is 1. The minimum atomic E-state index is -4.85. The molecule has 94 valence electrons. The quantitative estimate of drug-likeness (QED) is 0.768. The van der Waals surface area contributed by atoms with Crippen molar-refractivity contribution in [3.05, 3.63) is 29.6 Å². The summed E-state index contributed by atoms with van der Waals surface area (Å²) in [7, 11) is 1.32. The van der Waals surface area contributed by atoms with Gasteiger partial charge in [-0.05, 0) is 30.2 Å². The van der Waals surface area contributed by atoms with Crippen LogP contribution in [0.5, 0.6) is 5.75 Å². The van der Waals surface area contributed by atoms with Gasteiger partial charge in [0.2, 0.25) is 5.78 Å². The molecular formula is C11H10F4O2. The van der Waals surface area contributed by atoms with E-state index in [4.69, 9.17) is 4.74 Å². The highest BCUT2D eigenvalue weighted by molar-refractivity contribution is 5.84. The van der Waals surface area contributed by atoms with Crippen molar-refractivity contribution in [2.75, 3.05) is 7.11 Å². The van der Waals surface area contributed by atoms with Gasteiger partial charge in [-0.15, -0.1) is 0 Å². The van der Waals surface area contributed by atoms with Gasteiger partial charge in [-0.3, -0.25) is 4.79 Å². The van der Waals surface area contributed by atoms with Gasteiger partial charge in [0.25, 0.3) is 0 Å². The van der Waals surface area contributed by atoms with E-state index in [0.29, 0.717) is 0 Å². The Morgan fingerprint density at radius 3 is 2.53 bits per heavy atom. The fraction of sp³-hybridized carbons (Fsp3) is 0.364. The largest absolute Gasteiger partial charge is 0.496 e. The van der Waals surface area contributed by atoms with E-state index in [0.717, 1.165) is 12.1 Å². The molecule has 1 aromatic carbocycles. The number of benzene rings is 1. The van der Waals surface area contributed by atoms with Gasteiger partial charge in [-0.2, -0.15) is 13.2 Å². The van der Waals surface area contributed by atoms with Gasteiger partial charge in [0.1, 0.15) is 11.6 Å². The van der Waals surface area contributed by atoms with Crippen LogP contribution in [0.1, 0.15) is 12.0 Å². The number of ketones is 1. The van der Waals surface area contributed by atoms with E-state index in [2.05, 4.69) is 0 Å². The number of hydrogen-bond acceptors (Lipinski definition) is 2. The van der Waals surface area contributed by atoms with Crippen molar-refractivity contribution in [1.82, 2.24) is 0 Å². The van der Waals surface area contributed by atoms with Crippen molar-refractivity contribution in [1.29, 1.82) is 0 Å². The van der Waals surface area contributed by atoms with Crippen molar-refractivity contribution in [2.45, 2.75) is 19.0 Å². The smallest absolute Gasteiger partial charge is 0.449 e. The Hall–Kier alpha value is -1.59. The van der Waals surface area contributed by atoms with Crippen LogP contribution in [0.2, 0.25) is 0 Å². The number of carbonyl (C=O) groups excluding carboxylic acids is 1. The Morgan fingerprint density at radius 1 is 1.35 bits per heavy atom. The second kappa shape index (κ2) is 5.16. The zero-order chi connectivity index (χ0) is 13.1. The van der Waals surface area contributed by atoms with Crippen LogP contribution in [0.15, 0.2) is 18.2 Å². The fourth-order valence-corrected chi connectivity index (χ4v) is 1.33. The molecule has 0 spiro atoms. The third-order valence-electron chi connectivity index (χ3n) is 2.18. The number of Topliss-reactive ketones (excluding diaryl/α,β-unsaturated/α-hetero) is 1. The van der Waals surface area contributed by atoms with Crippen LogP contribution in [-0.2, 0) is 11.2 Å². The summed E-state index contributed by atoms with van der Waals surface area (Å²) in [5.41, 5.74) is 0.241. The van der Waals surface area contributed by atoms with Crippen LogP contribution in [-0.4, -0.2) is 19.1 Å². The third kappa shape index (κ3) is 3.72. The summed E-state index contributed by atoms with van der Waals surface area (Å²) in [6.07, 6.45) is -5.77. The van der Waals surface area contributed by atoms with Crippen LogP contribution >= 0.6 is 0 Å². The van der Waals surface area contributed by atoms with Gasteiger partial charge in [0.05, 0.1) is 7.11 Å². The lowest BCUT2D eigenvalue weighted by molar-refractivity contribution is -0.171. The van der Waals surface area contributed by atoms with Crippen LogP contribution in [0.4, 0.5) is 17.6 Å². The van der Waals surface area contributed by atoms with E-state index in [1.807, 2.05) is 0 Å². The zero-order valence-electron chi connectivity index (χ0n) is 8.97. The number of methoxy groups -OCH3 is 1. The highest BCUT2D eigenvalue weighted by Gasteiger charge is 2.37. The van der Waals surface area contributed by atoms with Crippen molar-refractivity contribution in [3.63, 3.8) is 0 Å². The molecule has 0 unspecified atom stereocenters. The molecule has 17 heavy (non-hydrogen) atoms. The first-order chi connectivity index (χ1) is 7.84. The van der Waals surface area contributed by atoms with E-state index < -0.39 is 24.2 Å². The molecule has 0 atom stereocenters. The van der Waals surface area contributed by atoms with Gasteiger partial charge in [0.15, 0.2) is 0 Å². The summed E-state index contributed by atoms with van der Waals surface area (Å²) in [5, 5.41) is 0. The minimum Gasteiger partial charge on any atom is -0.496 e. The summed E-state index contributed by atoms with van der Waals surface area (Å²) in [6.45, 7) is 0. The van der Waals surface area contributed by atoms with Gasteiger partial charge >= 0.3 is 6.18 Å². The lowest BCUT2D eigenvalue weighted by Gasteiger charge is -2.09. The summed E-state index contributed by atoms with van der Waals surface area (Å²) in [5.74, 6) is -2.15. The van der Waals surface area contributed by atoms with Crippen LogP contribution in [0, 0.1) is 5.82 Å². The van der Waals surface area contributed by atoms with E-state index >= 15 is 0 Å². The van der Waals surface area contributed by atoms with Crippen molar-refractivity contribution in [3.8, 4) is 5.75 Å². The van der Waals surface area contributed by atoms with Crippen LogP contribution in [0.3, 0.4) is 0 Å². The normalized spacial score (nSPS) is 11.4. The molecule has 0 saturated carbocycles. The molecule has 0 N–H and O–H groups in total. The molecule has 0 radical (unpaired) electrons. The molecule has 0 aromatic heterocycles. The lowest BCUT2D eigenvalue weighted by Crippen LogP contribution is -2.22. The van der Waals surface area contributed by atoms with Crippen LogP contribution < -0.4 is 4.74 Å². The summed E-state index contributed by atoms with van der Waals surface area (Å²) < 4.78 is 53.6. The Balaban J connectivity index is 2.75. The molecule has 2 nitrogen and oxygen atoms in total. The van der Waals surface area contributed by atoms with Crippen molar-refractivity contribution >= 4 is 5.78 Å². The average molecular weight is 250 g/mol. The third-order valence-corrected chi connectivity index (χ3v) is 2.18. The molecule has 0 amide bonds. The van der Waals surface area contributed by atoms with Crippen LogP contribution in [0.25, 0.3) is 0 Å². The second-order valence-corrected chi connectivity index (χ2v) is 3.38. The SMILES string of the molecule is COc1ccc(F)cc1CCC(=O)C(F)(F)F. The monoisotopic (exact) mass is 250 g/mol. The maximum atomic E-state index is 12.9. The molecule has 0 aliphatic rings. The standard InChI is InChI=1S/C11H10F4O2/c1-17-9-4-3-8(12)6-7(9)2-5-10(16)11(13,14)15/h3-4,6H,2,5H2,1H3. The van der Waals surface area contributed by atoms with Gasteiger partial charge in [-0.25, -0.2) is 4.39 Å². The number of halogens is 4. The molecule has 0 aliphatic carbocycles. The molecule has 6 heteroatoms. The molecule has 0 bridgehead atoms. The molecule has 0 heterocycles. The van der Waals surface area contributed by atoms with E-state index in [1.165, 1.54) is 13.2 Å². The first kappa shape index (κ1) is 13.5. The topological polar surface area (TPSA) is 26.3 Å². The first-order valence-electron chi connectivity index (χ1n) is 4.77. The molecular weight excluding hydrogens is 240 g/mol. The Labute approximate surface area is 95.2 Å². The van der Waals surface area contributed by atoms with Gasteiger partial charge in [0, 0.05) is 6.42 Å². The molecule has 0 saturated heterocycles. The van der Waals surface area contributed by atoms with E-state index in [-0.39, 0.29) is 17.7 Å². The molecule has 0 aliphatic heterocycles. The molecule has 1 aromatic rings. The fourth-order valence-electron chi connectivity index (χ4n) is 1.33. The number of rotatable bonds is 4. The Bertz CT molecular complexity index is 412. The Morgan fingerprint density at radius 2 is 2.00 bits per heavy atom. The summed E-state index contributed by atoms with van der Waals surface area (Å²) >= 11 is 0. The number of hydrogen-bond donors (Lipinski definition) is 0. The predicted octanol–water partition coefficient (Wildman–Crippen LogP) is 2.90. The predicted molar refractivity (Wildman–Crippen MR) is 52.3 cm³/mol. The maximum Gasteiger partial charge on any atom is 0.449 e. The summed E-state index contributed by atoms with van der Waals surface area (Å²) in [6, 6.07) is 3.50. The minimum absolute atomic E-state index is 0.209. The number of ether oxygens (including phenoxy) is 1. The first-order valence-corrected chi connectivity index (χ1v) is 4.77. The maximum absolute atomic E-state index is 12.9. The number of carbonyl (C=O) groups is 1. The summed E-state index contributed by atoms with van der Waals surface area (Å²) in [4.78, 5) is 10.7. The lowest BCUT2D eigenvalue weighted by atomic mass is 10.1. The van der Waals surface area contributed by atoms with Crippen molar-refractivity contribution in [2.24, 2.45) is 0 Å². The van der Waals surface area contributed by atoms with E-state index in [1.54, 1.807) is 0 Å². The zero-order valence-corrected chi connectivity index (χ0v) is 8.97. The van der Waals surface area contributed by atoms with Crippen molar-refractivity contribution < 1.29 is 27.1 Å². The highest BCUT2D eigenvalue weighted by Crippen LogP contribution is 2.24. The molecule has 0 fully saturated rings. The van der Waals surface area contributed by atoms with Gasteiger partial charge in [-0.1, -0.05) is 0 Å². The van der Waals surface area contributed by atoms with E-state index in [9.17, 15) is 22.4 Å². The molecule has 1 rings (SSSR count). The van der Waals surface area contributed by atoms with Gasteiger partial charge < -0.3 is 4.74 Å².